The van der Waals surface area contributed by atoms with E-state index < -0.39 is 74.7 Å². The highest BCUT2D eigenvalue weighted by Crippen LogP contribution is 2.66. The quantitative estimate of drug-likeness (QED) is 0.190. The Morgan fingerprint density at radius 1 is 1.11 bits per heavy atom. The molecule has 2 saturated heterocycles. The Morgan fingerprint density at radius 2 is 1.80 bits per heavy atom. The first-order chi connectivity index (χ1) is 21.5. The van der Waals surface area contributed by atoms with Gasteiger partial charge < -0.3 is 9.84 Å². The maximum atomic E-state index is 14.2. The van der Waals surface area contributed by atoms with Crippen molar-refractivity contribution >= 4 is 80.2 Å². The highest BCUT2D eigenvalue weighted by atomic mass is 79.9. The lowest BCUT2D eigenvalue weighted by atomic mass is 9.56. The molecule has 1 aromatic carbocycles. The van der Waals surface area contributed by atoms with Crippen molar-refractivity contribution in [3.8, 4) is 11.5 Å². The Bertz CT molecular complexity index is 1750. The number of carbonyl (C=O) groups is 4. The lowest BCUT2D eigenvalue weighted by Gasteiger charge is -2.50. The van der Waals surface area contributed by atoms with Gasteiger partial charge in [-0.2, -0.15) is 18.2 Å². The molecular formula is C29H23BrCl3F3N4O6. The molecule has 2 aliphatic heterocycles. The molecule has 17 heteroatoms. The van der Waals surface area contributed by atoms with Crippen LogP contribution in [0.15, 0.2) is 42.0 Å². The summed E-state index contributed by atoms with van der Waals surface area (Å²) in [4.78, 5) is 55.8. The summed E-state index contributed by atoms with van der Waals surface area (Å²) in [5, 5.41) is 12.4. The molecule has 3 fully saturated rings. The number of pyridine rings is 1. The molecule has 46 heavy (non-hydrogen) atoms. The number of phenolic OH excluding ortho intramolecular Hbond substituents is 1. The smallest absolute Gasteiger partial charge is 0.433 e. The molecule has 1 aromatic heterocycles. The summed E-state index contributed by atoms with van der Waals surface area (Å²) in [6, 6.07) is 5.90. The Hall–Kier alpha value is -3.07. The van der Waals surface area contributed by atoms with E-state index in [0.717, 1.165) is 16.0 Å². The van der Waals surface area contributed by atoms with E-state index in [2.05, 4.69) is 20.9 Å². The topological polar surface area (TPSA) is 120 Å². The van der Waals surface area contributed by atoms with Crippen LogP contribution in [0.4, 0.5) is 19.0 Å². The predicted octanol–water partition coefficient (Wildman–Crippen LogP) is 5.23. The number of hydrogen-bond donors (Lipinski definition) is 1. The Labute approximate surface area is 283 Å². The number of alkyl halides is 6. The number of phenols is 1. The molecular weight excluding hydrogens is 744 g/mol. The molecule has 2 aliphatic carbocycles. The molecule has 0 bridgehead atoms. The largest absolute Gasteiger partial charge is 0.508 e. The first-order valence-electron chi connectivity index (χ1n) is 13.7. The molecule has 0 spiro atoms. The minimum atomic E-state index is -4.83. The second-order valence-corrected chi connectivity index (χ2v) is 13.6. The number of fused-ring (bicyclic) bond motifs is 4. The van der Waals surface area contributed by atoms with Gasteiger partial charge in [0.05, 0.1) is 29.4 Å². The molecule has 6 atom stereocenters. The minimum absolute atomic E-state index is 0.0249. The zero-order valence-electron chi connectivity index (χ0n) is 23.8. The summed E-state index contributed by atoms with van der Waals surface area (Å²) in [5.41, 5.74) is -1.01. The third kappa shape index (κ3) is 4.39. The molecule has 6 unspecified atom stereocenters. The Morgan fingerprint density at radius 3 is 2.43 bits per heavy atom. The number of carbonyl (C=O) groups excluding carboxylic acids is 4. The van der Waals surface area contributed by atoms with Crippen molar-refractivity contribution in [1.82, 2.24) is 14.9 Å². The van der Waals surface area contributed by atoms with Crippen LogP contribution in [0.5, 0.6) is 11.5 Å². The van der Waals surface area contributed by atoms with E-state index in [0.29, 0.717) is 22.4 Å². The van der Waals surface area contributed by atoms with Crippen molar-refractivity contribution in [3.05, 3.63) is 58.3 Å². The highest BCUT2D eigenvalue weighted by molar-refractivity contribution is 9.09. The van der Waals surface area contributed by atoms with E-state index in [1.807, 2.05) is 0 Å². The van der Waals surface area contributed by atoms with Crippen LogP contribution in [0.2, 0.25) is 5.02 Å². The fraction of sp³-hybridized carbons (Fsp3) is 0.414. The molecule has 4 amide bonds. The number of imide groups is 2. The summed E-state index contributed by atoms with van der Waals surface area (Å²) in [6.45, 7) is 0. The zero-order chi connectivity index (χ0) is 33.7. The molecule has 10 nitrogen and oxygen atoms in total. The molecule has 244 valence electrons. The predicted molar refractivity (Wildman–Crippen MR) is 163 cm³/mol. The molecule has 0 radical (unpaired) electrons. The van der Waals surface area contributed by atoms with Crippen molar-refractivity contribution in [3.63, 3.8) is 0 Å². The third-order valence-corrected chi connectivity index (χ3v) is 11.5. The van der Waals surface area contributed by atoms with Crippen LogP contribution in [0.25, 0.3) is 0 Å². The SMILES string of the molecule is COc1ccc(O)c(C2C3=CCC4C(=O)N(N(C)c5nc(C(F)(F)F)ccc5Cl)C(=O)C4C3CC3(Cl)C(=O)N(CBr)C(=O)C23Cl)c1. The number of hydrogen-bond acceptors (Lipinski definition) is 8. The first kappa shape index (κ1) is 32.9. The normalized spacial score (nSPS) is 30.7. The molecule has 1 saturated carbocycles. The van der Waals surface area contributed by atoms with Gasteiger partial charge in [0.25, 0.3) is 23.6 Å². The number of hydrazine groups is 1. The van der Waals surface area contributed by atoms with Crippen molar-refractivity contribution in [2.24, 2.45) is 17.8 Å². The van der Waals surface area contributed by atoms with Gasteiger partial charge >= 0.3 is 6.18 Å². The van der Waals surface area contributed by atoms with Gasteiger partial charge in [0.15, 0.2) is 15.6 Å². The minimum Gasteiger partial charge on any atom is -0.508 e. The van der Waals surface area contributed by atoms with Crippen LogP contribution in [0.3, 0.4) is 0 Å². The second-order valence-electron chi connectivity index (χ2n) is 11.4. The third-order valence-electron chi connectivity index (χ3n) is 9.26. The number of rotatable bonds is 5. The molecule has 4 aliphatic rings. The van der Waals surface area contributed by atoms with Crippen molar-refractivity contribution in [1.29, 1.82) is 0 Å². The Kier molecular flexibility index (Phi) is 7.85. The van der Waals surface area contributed by atoms with Crippen LogP contribution in [-0.4, -0.2) is 73.0 Å². The summed E-state index contributed by atoms with van der Waals surface area (Å²) in [6.07, 6.45) is -3.54. The maximum absolute atomic E-state index is 14.2. The number of halogens is 7. The number of aromatic nitrogens is 1. The summed E-state index contributed by atoms with van der Waals surface area (Å²) < 4.78 is 45.8. The fourth-order valence-electron chi connectivity index (χ4n) is 7.18. The number of anilines is 1. The van der Waals surface area contributed by atoms with Gasteiger partial charge in [-0.15, -0.1) is 23.2 Å². The van der Waals surface area contributed by atoms with Crippen molar-refractivity contribution in [2.75, 3.05) is 24.6 Å². The first-order valence-corrected chi connectivity index (χ1v) is 16.0. The number of methoxy groups -OCH3 is 1. The van der Waals surface area contributed by atoms with E-state index in [1.165, 1.54) is 32.4 Å². The summed E-state index contributed by atoms with van der Waals surface area (Å²) in [7, 11) is 2.58. The monoisotopic (exact) mass is 764 g/mol. The summed E-state index contributed by atoms with van der Waals surface area (Å²) in [5.74, 6) is -8.02. The highest BCUT2D eigenvalue weighted by Gasteiger charge is 2.76. The zero-order valence-corrected chi connectivity index (χ0v) is 27.7. The van der Waals surface area contributed by atoms with Gasteiger partial charge in [-0.1, -0.05) is 39.2 Å². The van der Waals surface area contributed by atoms with E-state index in [1.54, 1.807) is 6.08 Å². The number of nitrogens with zero attached hydrogens (tertiary/aromatic N) is 4. The van der Waals surface area contributed by atoms with Crippen LogP contribution in [0, 0.1) is 17.8 Å². The van der Waals surface area contributed by atoms with Crippen LogP contribution in [-0.2, 0) is 25.4 Å². The van der Waals surface area contributed by atoms with Crippen LogP contribution < -0.4 is 9.75 Å². The second kappa shape index (κ2) is 11.0. The van der Waals surface area contributed by atoms with Gasteiger partial charge in [-0.05, 0) is 49.1 Å². The van der Waals surface area contributed by atoms with Crippen LogP contribution in [0.1, 0.15) is 30.0 Å². The number of allylic oxidation sites excluding steroid dienone is 2. The number of benzene rings is 1. The van der Waals surface area contributed by atoms with Gasteiger partial charge in [0.2, 0.25) is 0 Å². The average molecular weight is 767 g/mol. The van der Waals surface area contributed by atoms with E-state index in [4.69, 9.17) is 39.5 Å². The lowest BCUT2D eigenvalue weighted by Crippen LogP contribution is -2.60. The van der Waals surface area contributed by atoms with Crippen molar-refractivity contribution in [2.45, 2.75) is 34.7 Å². The molecule has 3 heterocycles. The number of amides is 4. The molecule has 6 rings (SSSR count). The number of ether oxygens (including phenoxy) is 1. The van der Waals surface area contributed by atoms with Gasteiger partial charge in [0.1, 0.15) is 17.2 Å². The Balaban J connectivity index is 1.48. The van der Waals surface area contributed by atoms with Gasteiger partial charge in [0, 0.05) is 18.5 Å². The fourth-order valence-corrected chi connectivity index (χ4v) is 8.82. The van der Waals surface area contributed by atoms with E-state index in [-0.39, 0.29) is 34.6 Å². The lowest BCUT2D eigenvalue weighted by molar-refractivity contribution is -0.142. The summed E-state index contributed by atoms with van der Waals surface area (Å²) >= 11 is 23.7. The van der Waals surface area contributed by atoms with Gasteiger partial charge in [-0.3, -0.25) is 29.1 Å². The average Bonchev–Trinajstić information content (AvgIpc) is 3.34. The molecule has 2 aromatic rings. The molecule has 1 N–H and O–H groups in total. The van der Waals surface area contributed by atoms with Crippen molar-refractivity contribution < 1.29 is 42.2 Å². The van der Waals surface area contributed by atoms with E-state index >= 15 is 0 Å². The van der Waals surface area contributed by atoms with Crippen LogP contribution >= 0.6 is 50.7 Å². The maximum Gasteiger partial charge on any atom is 0.433 e. The number of aromatic hydroxyl groups is 1. The standard InChI is InChI=1S/C29H23BrCl3F3N4O6/c1-38(22-17(31)6-8-19(37-22)29(34,35)36)40-23(42)14-5-4-13-16(20(14)24(40)43)10-27(32)25(44)39(11-30)26(45)28(27,33)21(13)15-9-12(46-2)3-7-18(15)41/h3-4,6-9,14,16,20-21,41H,5,10-11H2,1-2H3. The van der Waals surface area contributed by atoms with E-state index in [9.17, 15) is 37.5 Å². The number of likely N-dealkylation sites (tertiary alicyclic amines) is 1. The van der Waals surface area contributed by atoms with Gasteiger partial charge in [-0.25, -0.2) is 4.98 Å².